The molecule has 0 spiro atoms. The van der Waals surface area contributed by atoms with Crippen molar-refractivity contribution >= 4 is 29.1 Å². The number of phenolic OH excluding ortho intramolecular Hbond substituents is 1. The molecule has 108 valence electrons. The van der Waals surface area contributed by atoms with Gasteiger partial charge in [-0.2, -0.15) is 0 Å². The minimum atomic E-state index is -0.209. The maximum absolute atomic E-state index is 12.0. The summed E-state index contributed by atoms with van der Waals surface area (Å²) in [6, 6.07) is 3.10. The monoisotopic (exact) mass is 315 g/mol. The number of carbonyl (C=O) groups is 1. The number of rotatable bonds is 2. The lowest BCUT2D eigenvalue weighted by Crippen LogP contribution is -2.63. The predicted octanol–water partition coefficient (Wildman–Crippen LogP) is 1.14. The van der Waals surface area contributed by atoms with E-state index in [0.29, 0.717) is 22.2 Å². The van der Waals surface area contributed by atoms with Crippen LogP contribution >= 0.6 is 23.2 Å². The molecule has 2 saturated heterocycles. The third kappa shape index (κ3) is 2.35. The standard InChI is InChI=1S/C13H15Cl2N3O2/c14-8-1-2-10(19)12(13(8)15)9-6-18(7-3-16-4-7)11(20)5-17-9/h1-2,7,9,16-17,19H,3-6H2/t9-/m0/s1. The van der Waals surface area contributed by atoms with Crippen molar-refractivity contribution < 1.29 is 9.90 Å². The van der Waals surface area contributed by atoms with Gasteiger partial charge in [0.1, 0.15) is 5.75 Å². The van der Waals surface area contributed by atoms with Gasteiger partial charge >= 0.3 is 0 Å². The van der Waals surface area contributed by atoms with Crippen molar-refractivity contribution in [2.45, 2.75) is 12.1 Å². The summed E-state index contributed by atoms with van der Waals surface area (Å²) in [6.07, 6.45) is 0. The third-order valence-electron chi connectivity index (χ3n) is 3.86. The van der Waals surface area contributed by atoms with Gasteiger partial charge in [0.25, 0.3) is 0 Å². The van der Waals surface area contributed by atoms with E-state index in [2.05, 4.69) is 10.6 Å². The van der Waals surface area contributed by atoms with Crippen molar-refractivity contribution in [2.24, 2.45) is 0 Å². The van der Waals surface area contributed by atoms with Gasteiger partial charge in [-0.3, -0.25) is 10.1 Å². The molecular formula is C13H15Cl2N3O2. The molecule has 2 heterocycles. The van der Waals surface area contributed by atoms with E-state index in [9.17, 15) is 9.90 Å². The smallest absolute Gasteiger partial charge is 0.236 e. The second kappa shape index (κ2) is 5.41. The van der Waals surface area contributed by atoms with Crippen LogP contribution in [0.1, 0.15) is 11.6 Å². The molecule has 0 saturated carbocycles. The SMILES string of the molecule is O=C1CN[C@H](c2c(O)ccc(Cl)c2Cl)CN1C1CNC1. The summed E-state index contributed by atoms with van der Waals surface area (Å²) >= 11 is 12.2. The molecule has 2 aliphatic rings. The van der Waals surface area contributed by atoms with Crippen LogP contribution in [-0.4, -0.2) is 48.1 Å². The molecule has 7 heteroatoms. The molecule has 20 heavy (non-hydrogen) atoms. The number of phenols is 1. The average Bonchev–Trinajstić information content (AvgIpc) is 2.36. The van der Waals surface area contributed by atoms with E-state index in [4.69, 9.17) is 23.2 Å². The zero-order valence-corrected chi connectivity index (χ0v) is 12.2. The Morgan fingerprint density at radius 1 is 1.30 bits per heavy atom. The summed E-state index contributed by atoms with van der Waals surface area (Å²) in [7, 11) is 0. The van der Waals surface area contributed by atoms with Crippen LogP contribution in [0.15, 0.2) is 12.1 Å². The Morgan fingerprint density at radius 3 is 2.70 bits per heavy atom. The fourth-order valence-electron chi connectivity index (χ4n) is 2.60. The summed E-state index contributed by atoms with van der Waals surface area (Å²) in [4.78, 5) is 13.8. The number of nitrogens with one attached hydrogen (secondary N) is 2. The maximum Gasteiger partial charge on any atom is 0.236 e. The summed E-state index contributed by atoms with van der Waals surface area (Å²) in [6.45, 7) is 2.35. The second-order valence-corrected chi connectivity index (χ2v) is 5.87. The Labute approximate surface area is 126 Å². The zero-order chi connectivity index (χ0) is 14.3. The molecule has 5 nitrogen and oxygen atoms in total. The van der Waals surface area contributed by atoms with Crippen molar-refractivity contribution in [1.82, 2.24) is 15.5 Å². The van der Waals surface area contributed by atoms with E-state index in [1.807, 2.05) is 4.90 Å². The number of hydrogen-bond donors (Lipinski definition) is 3. The van der Waals surface area contributed by atoms with Gasteiger partial charge in [0, 0.05) is 25.2 Å². The summed E-state index contributed by atoms with van der Waals surface area (Å²) in [5.41, 5.74) is 0.559. The van der Waals surface area contributed by atoms with Crippen molar-refractivity contribution in [3.8, 4) is 5.75 Å². The average molecular weight is 316 g/mol. The fourth-order valence-corrected chi connectivity index (χ4v) is 3.06. The van der Waals surface area contributed by atoms with Crippen LogP contribution in [0.25, 0.3) is 0 Å². The predicted molar refractivity (Wildman–Crippen MR) is 77.2 cm³/mol. The van der Waals surface area contributed by atoms with E-state index in [1.165, 1.54) is 6.07 Å². The molecule has 2 fully saturated rings. The number of halogens is 2. The highest BCUT2D eigenvalue weighted by Crippen LogP contribution is 2.37. The Balaban J connectivity index is 1.87. The number of carbonyl (C=O) groups excluding carboxylic acids is 1. The first kappa shape index (κ1) is 13.9. The van der Waals surface area contributed by atoms with Crippen molar-refractivity contribution in [3.05, 3.63) is 27.7 Å². The van der Waals surface area contributed by atoms with Crippen molar-refractivity contribution in [2.75, 3.05) is 26.2 Å². The summed E-state index contributed by atoms with van der Waals surface area (Å²) in [5, 5.41) is 17.0. The van der Waals surface area contributed by atoms with Gasteiger partial charge < -0.3 is 15.3 Å². The highest BCUT2D eigenvalue weighted by molar-refractivity contribution is 6.42. The first-order valence-electron chi connectivity index (χ1n) is 6.48. The number of hydrogen-bond acceptors (Lipinski definition) is 4. The van der Waals surface area contributed by atoms with Gasteiger partial charge in [0.2, 0.25) is 5.91 Å². The lowest BCUT2D eigenvalue weighted by Gasteiger charge is -2.43. The highest BCUT2D eigenvalue weighted by Gasteiger charge is 2.35. The van der Waals surface area contributed by atoms with Crippen LogP contribution in [0.3, 0.4) is 0 Å². The minimum Gasteiger partial charge on any atom is -0.508 e. The van der Waals surface area contributed by atoms with E-state index >= 15 is 0 Å². The van der Waals surface area contributed by atoms with E-state index in [1.54, 1.807) is 6.07 Å². The number of benzene rings is 1. The van der Waals surface area contributed by atoms with Gasteiger partial charge in [-0.25, -0.2) is 0 Å². The molecule has 1 amide bonds. The summed E-state index contributed by atoms with van der Waals surface area (Å²) in [5.74, 6) is 0.170. The Hall–Kier alpha value is -1.01. The molecule has 3 rings (SSSR count). The van der Waals surface area contributed by atoms with E-state index in [-0.39, 0.29) is 30.3 Å². The van der Waals surface area contributed by atoms with Gasteiger partial charge in [-0.05, 0) is 12.1 Å². The van der Waals surface area contributed by atoms with Gasteiger partial charge in [-0.15, -0.1) is 0 Å². The molecule has 1 aromatic carbocycles. The topological polar surface area (TPSA) is 64.6 Å². The highest BCUT2D eigenvalue weighted by atomic mass is 35.5. The van der Waals surface area contributed by atoms with Gasteiger partial charge in [0.15, 0.2) is 0 Å². The number of piperazine rings is 1. The van der Waals surface area contributed by atoms with Crippen LogP contribution < -0.4 is 10.6 Å². The molecule has 0 unspecified atom stereocenters. The Bertz CT molecular complexity index is 549. The van der Waals surface area contributed by atoms with Crippen LogP contribution in [0, 0.1) is 0 Å². The number of nitrogens with zero attached hydrogens (tertiary/aromatic N) is 1. The first-order valence-corrected chi connectivity index (χ1v) is 7.24. The summed E-state index contributed by atoms with van der Waals surface area (Å²) < 4.78 is 0. The van der Waals surface area contributed by atoms with Crippen molar-refractivity contribution in [3.63, 3.8) is 0 Å². The normalized spacial score (nSPS) is 23.8. The lowest BCUT2D eigenvalue weighted by molar-refractivity contribution is -0.136. The number of amides is 1. The van der Waals surface area contributed by atoms with Crippen LogP contribution in [-0.2, 0) is 4.79 Å². The van der Waals surface area contributed by atoms with Crippen LogP contribution in [0.4, 0.5) is 0 Å². The molecule has 1 aromatic rings. The molecule has 1 atom stereocenters. The molecule has 3 N–H and O–H groups in total. The van der Waals surface area contributed by atoms with Gasteiger partial charge in [0.05, 0.1) is 28.7 Å². The first-order chi connectivity index (χ1) is 9.58. The molecule has 0 radical (unpaired) electrons. The molecular weight excluding hydrogens is 301 g/mol. The molecule has 0 aromatic heterocycles. The largest absolute Gasteiger partial charge is 0.508 e. The third-order valence-corrected chi connectivity index (χ3v) is 4.68. The van der Waals surface area contributed by atoms with E-state index in [0.717, 1.165) is 13.1 Å². The quantitative estimate of drug-likeness (QED) is 0.766. The molecule has 0 bridgehead atoms. The minimum absolute atomic E-state index is 0.0744. The zero-order valence-electron chi connectivity index (χ0n) is 10.7. The lowest BCUT2D eigenvalue weighted by atomic mass is 10.0. The molecule has 0 aliphatic carbocycles. The van der Waals surface area contributed by atoms with E-state index < -0.39 is 0 Å². The Kier molecular flexibility index (Phi) is 3.77. The van der Waals surface area contributed by atoms with Crippen LogP contribution in [0.2, 0.25) is 10.0 Å². The van der Waals surface area contributed by atoms with Crippen molar-refractivity contribution in [1.29, 1.82) is 0 Å². The van der Waals surface area contributed by atoms with Gasteiger partial charge in [-0.1, -0.05) is 23.2 Å². The molecule has 2 aliphatic heterocycles. The fraction of sp³-hybridized carbons (Fsp3) is 0.462. The Morgan fingerprint density at radius 2 is 2.05 bits per heavy atom. The number of aromatic hydroxyl groups is 1. The maximum atomic E-state index is 12.0. The van der Waals surface area contributed by atoms with Crippen LogP contribution in [0.5, 0.6) is 5.75 Å². The second-order valence-electron chi connectivity index (χ2n) is 5.09.